The molecule has 0 atom stereocenters. The molecule has 0 bridgehead atoms. The van der Waals surface area contributed by atoms with Crippen molar-refractivity contribution in [2.24, 2.45) is 0 Å². The summed E-state index contributed by atoms with van der Waals surface area (Å²) in [6.45, 7) is 0.144. The summed E-state index contributed by atoms with van der Waals surface area (Å²) in [5, 5.41) is 0. The van der Waals surface area contributed by atoms with Crippen molar-refractivity contribution in [3.63, 3.8) is 0 Å². The van der Waals surface area contributed by atoms with Crippen LogP contribution in [0.1, 0.15) is 5.56 Å². The maximum absolute atomic E-state index is 13.2. The van der Waals surface area contributed by atoms with Crippen molar-refractivity contribution in [1.82, 2.24) is 9.55 Å². The van der Waals surface area contributed by atoms with Crippen LogP contribution in [0.5, 0.6) is 0 Å². The Morgan fingerprint density at radius 2 is 2.11 bits per heavy atom. The Bertz CT molecular complexity index is 708. The molecule has 0 aliphatic carbocycles. The molecule has 1 heterocycles. The molecule has 7 heteroatoms. The van der Waals surface area contributed by atoms with Crippen molar-refractivity contribution < 1.29 is 4.39 Å². The fraction of sp³-hybridized carbons (Fsp3) is 0.0909. The van der Waals surface area contributed by atoms with Gasteiger partial charge in [-0.1, -0.05) is 6.07 Å². The van der Waals surface area contributed by atoms with Gasteiger partial charge in [0.25, 0.3) is 5.56 Å². The van der Waals surface area contributed by atoms with Gasteiger partial charge in [-0.2, -0.15) is 0 Å². The van der Waals surface area contributed by atoms with Crippen LogP contribution < -0.4 is 17.0 Å². The number of aromatic amines is 1. The monoisotopic (exact) mass is 313 g/mol. The zero-order valence-corrected chi connectivity index (χ0v) is 10.7. The lowest BCUT2D eigenvalue weighted by atomic mass is 10.2. The molecule has 0 saturated heterocycles. The van der Waals surface area contributed by atoms with Gasteiger partial charge in [-0.05, 0) is 33.6 Å². The minimum atomic E-state index is -0.555. The second kappa shape index (κ2) is 4.77. The van der Waals surface area contributed by atoms with Gasteiger partial charge in [0.15, 0.2) is 0 Å². The number of hydrogen-bond donors (Lipinski definition) is 2. The standard InChI is InChI=1S/C11H9BrFN3O2/c12-7-5-16(11(18)15-10(7)17)4-6-1-2-9(14)8(13)3-6/h1-3,5H,4,14H2,(H,15,17,18). The van der Waals surface area contributed by atoms with Crippen molar-refractivity contribution >= 4 is 21.6 Å². The number of rotatable bonds is 2. The molecular weight excluding hydrogens is 305 g/mol. The van der Waals surface area contributed by atoms with Gasteiger partial charge in [0.1, 0.15) is 5.82 Å². The van der Waals surface area contributed by atoms with Crippen LogP contribution >= 0.6 is 15.9 Å². The topological polar surface area (TPSA) is 80.9 Å². The van der Waals surface area contributed by atoms with Crippen molar-refractivity contribution in [3.8, 4) is 0 Å². The van der Waals surface area contributed by atoms with Gasteiger partial charge in [0, 0.05) is 6.20 Å². The van der Waals surface area contributed by atoms with Crippen molar-refractivity contribution in [2.75, 3.05) is 5.73 Å². The van der Waals surface area contributed by atoms with Gasteiger partial charge in [0.05, 0.1) is 16.7 Å². The minimum absolute atomic E-state index is 0.0498. The lowest BCUT2D eigenvalue weighted by Crippen LogP contribution is -2.30. The molecule has 1 aromatic heterocycles. The van der Waals surface area contributed by atoms with E-state index in [4.69, 9.17) is 5.73 Å². The molecule has 2 aromatic rings. The van der Waals surface area contributed by atoms with E-state index >= 15 is 0 Å². The van der Waals surface area contributed by atoms with Gasteiger partial charge in [-0.3, -0.25) is 14.3 Å². The normalized spacial score (nSPS) is 10.6. The van der Waals surface area contributed by atoms with E-state index in [1.165, 1.54) is 22.9 Å². The van der Waals surface area contributed by atoms with Gasteiger partial charge in [-0.25, -0.2) is 9.18 Å². The van der Waals surface area contributed by atoms with Gasteiger partial charge >= 0.3 is 5.69 Å². The molecule has 0 radical (unpaired) electrons. The van der Waals surface area contributed by atoms with Gasteiger partial charge < -0.3 is 5.73 Å². The van der Waals surface area contributed by atoms with Crippen molar-refractivity contribution in [3.05, 3.63) is 61.1 Å². The zero-order valence-electron chi connectivity index (χ0n) is 9.11. The van der Waals surface area contributed by atoms with Crippen molar-refractivity contribution in [2.45, 2.75) is 6.54 Å². The number of anilines is 1. The number of nitrogens with one attached hydrogen (secondary N) is 1. The molecule has 1 aromatic carbocycles. The van der Waals surface area contributed by atoms with Gasteiger partial charge in [0.2, 0.25) is 0 Å². The maximum Gasteiger partial charge on any atom is 0.328 e. The van der Waals surface area contributed by atoms with E-state index in [-0.39, 0.29) is 16.7 Å². The second-order valence-corrected chi connectivity index (χ2v) is 4.57. The molecule has 0 unspecified atom stereocenters. The first kappa shape index (κ1) is 12.6. The summed E-state index contributed by atoms with van der Waals surface area (Å²) in [7, 11) is 0. The van der Waals surface area contributed by atoms with E-state index in [2.05, 4.69) is 20.9 Å². The molecule has 3 N–H and O–H groups in total. The largest absolute Gasteiger partial charge is 0.396 e. The highest BCUT2D eigenvalue weighted by Gasteiger charge is 2.05. The molecule has 0 saturated carbocycles. The van der Waals surface area contributed by atoms with Crippen LogP contribution in [-0.2, 0) is 6.54 Å². The third-order valence-electron chi connectivity index (χ3n) is 2.39. The number of benzene rings is 1. The Morgan fingerprint density at radius 1 is 1.39 bits per heavy atom. The quantitative estimate of drug-likeness (QED) is 0.814. The summed E-state index contributed by atoms with van der Waals surface area (Å²) >= 11 is 3.02. The number of nitrogen functional groups attached to an aromatic ring is 1. The average Bonchev–Trinajstić information content (AvgIpc) is 2.31. The molecule has 18 heavy (non-hydrogen) atoms. The average molecular weight is 314 g/mol. The van der Waals surface area contributed by atoms with Crippen LogP contribution in [-0.4, -0.2) is 9.55 Å². The summed E-state index contributed by atoms with van der Waals surface area (Å²) < 4.78 is 14.7. The molecule has 2 rings (SSSR count). The number of H-pyrrole nitrogens is 1. The Hall–Kier alpha value is -1.89. The minimum Gasteiger partial charge on any atom is -0.396 e. The van der Waals surface area contributed by atoms with Crippen LogP contribution in [0, 0.1) is 5.82 Å². The zero-order chi connectivity index (χ0) is 13.3. The highest BCUT2D eigenvalue weighted by Crippen LogP contribution is 2.12. The molecule has 0 aliphatic rings. The number of hydrogen-bond acceptors (Lipinski definition) is 3. The first-order valence-corrected chi connectivity index (χ1v) is 5.80. The fourth-order valence-corrected chi connectivity index (χ4v) is 1.81. The third kappa shape index (κ3) is 2.51. The van der Waals surface area contributed by atoms with Crippen LogP contribution in [0.4, 0.5) is 10.1 Å². The molecule has 0 aliphatic heterocycles. The Morgan fingerprint density at radius 3 is 2.78 bits per heavy atom. The molecule has 0 amide bonds. The van der Waals surface area contributed by atoms with Crippen LogP contribution in [0.3, 0.4) is 0 Å². The molecule has 5 nitrogen and oxygen atoms in total. The van der Waals surface area contributed by atoms with E-state index in [0.29, 0.717) is 5.56 Å². The van der Waals surface area contributed by atoms with Gasteiger partial charge in [-0.15, -0.1) is 0 Å². The van der Waals surface area contributed by atoms with Crippen LogP contribution in [0.2, 0.25) is 0 Å². The van der Waals surface area contributed by atoms with E-state index in [9.17, 15) is 14.0 Å². The second-order valence-electron chi connectivity index (χ2n) is 3.72. The SMILES string of the molecule is Nc1ccc(Cn2cc(Br)c(=O)[nH]c2=O)cc1F. The van der Waals surface area contributed by atoms with Crippen LogP contribution in [0.15, 0.2) is 38.5 Å². The highest BCUT2D eigenvalue weighted by molar-refractivity contribution is 9.10. The lowest BCUT2D eigenvalue weighted by Gasteiger charge is -2.06. The molecule has 94 valence electrons. The third-order valence-corrected chi connectivity index (χ3v) is 2.95. The fourth-order valence-electron chi connectivity index (χ4n) is 1.47. The smallest absolute Gasteiger partial charge is 0.328 e. The summed E-state index contributed by atoms with van der Waals surface area (Å²) in [5.74, 6) is -0.538. The first-order chi connectivity index (χ1) is 8.47. The molecular formula is C11H9BrFN3O2. The summed E-state index contributed by atoms with van der Waals surface area (Å²) in [4.78, 5) is 24.8. The Balaban J connectivity index is 2.40. The number of aromatic nitrogens is 2. The van der Waals surface area contributed by atoms with Crippen LogP contribution in [0.25, 0.3) is 0 Å². The predicted molar refractivity (Wildman–Crippen MR) is 68.9 cm³/mol. The van der Waals surface area contributed by atoms with E-state index in [0.717, 1.165) is 0 Å². The number of halogens is 2. The molecule has 0 spiro atoms. The van der Waals surface area contributed by atoms with E-state index in [1.807, 2.05) is 0 Å². The Kier molecular flexibility index (Phi) is 3.33. The van der Waals surface area contributed by atoms with E-state index in [1.54, 1.807) is 6.07 Å². The summed E-state index contributed by atoms with van der Waals surface area (Å²) in [6.07, 6.45) is 1.36. The predicted octanol–water partition coefficient (Wildman–Crippen LogP) is 1.07. The Labute approximate surface area is 109 Å². The lowest BCUT2D eigenvalue weighted by molar-refractivity contribution is 0.626. The number of nitrogens with two attached hydrogens (primary N) is 1. The van der Waals surface area contributed by atoms with E-state index < -0.39 is 17.1 Å². The highest BCUT2D eigenvalue weighted by atomic mass is 79.9. The van der Waals surface area contributed by atoms with Crippen molar-refractivity contribution in [1.29, 1.82) is 0 Å². The summed E-state index contributed by atoms with van der Waals surface area (Å²) in [5.41, 5.74) is 4.92. The first-order valence-electron chi connectivity index (χ1n) is 5.00. The number of nitrogens with zero attached hydrogens (tertiary/aromatic N) is 1. The summed E-state index contributed by atoms with van der Waals surface area (Å²) in [6, 6.07) is 4.29. The molecule has 0 fully saturated rings. The maximum atomic E-state index is 13.2.